The maximum atomic E-state index is 12.1. The lowest BCUT2D eigenvalue weighted by Gasteiger charge is -2.14. The van der Waals surface area contributed by atoms with Crippen LogP contribution < -0.4 is 15.8 Å². The van der Waals surface area contributed by atoms with Crippen molar-refractivity contribution < 1.29 is 8.42 Å². The molecule has 112 valence electrons. The van der Waals surface area contributed by atoms with E-state index in [-0.39, 0.29) is 4.90 Å². The highest BCUT2D eigenvalue weighted by Gasteiger charge is 2.17. The van der Waals surface area contributed by atoms with Crippen molar-refractivity contribution in [1.29, 1.82) is 0 Å². The quantitative estimate of drug-likeness (QED) is 0.723. The number of aryl methyl sites for hydroxylation is 1. The first-order chi connectivity index (χ1) is 9.83. The van der Waals surface area contributed by atoms with Gasteiger partial charge in [-0.25, -0.2) is 13.1 Å². The Morgan fingerprint density at radius 2 is 1.76 bits per heavy atom. The number of hydrogen-bond donors (Lipinski definition) is 3. The molecule has 0 fully saturated rings. The monoisotopic (exact) mass is 369 g/mol. The van der Waals surface area contributed by atoms with E-state index in [1.165, 1.54) is 13.1 Å². The van der Waals surface area contributed by atoms with Gasteiger partial charge in [0.05, 0.1) is 5.69 Å². The van der Waals surface area contributed by atoms with Gasteiger partial charge in [0, 0.05) is 15.8 Å². The summed E-state index contributed by atoms with van der Waals surface area (Å²) in [6.45, 7) is 1.94. The van der Waals surface area contributed by atoms with Crippen LogP contribution in [0.2, 0.25) is 0 Å². The Kier molecular flexibility index (Phi) is 4.55. The van der Waals surface area contributed by atoms with Crippen LogP contribution in [-0.4, -0.2) is 15.5 Å². The van der Waals surface area contributed by atoms with E-state index in [9.17, 15) is 8.42 Å². The zero-order chi connectivity index (χ0) is 15.6. The van der Waals surface area contributed by atoms with E-state index in [1.807, 2.05) is 25.1 Å². The Labute approximate surface area is 132 Å². The number of nitrogen functional groups attached to an aromatic ring is 1. The Morgan fingerprint density at radius 1 is 1.10 bits per heavy atom. The molecule has 0 bridgehead atoms. The molecule has 0 radical (unpaired) electrons. The maximum Gasteiger partial charge on any atom is 0.242 e. The molecule has 0 aliphatic rings. The van der Waals surface area contributed by atoms with Gasteiger partial charge in [-0.2, -0.15) is 0 Å². The van der Waals surface area contributed by atoms with Crippen molar-refractivity contribution in [3.05, 3.63) is 46.4 Å². The molecule has 0 saturated heterocycles. The van der Waals surface area contributed by atoms with Crippen LogP contribution in [0.1, 0.15) is 5.56 Å². The van der Waals surface area contributed by atoms with E-state index >= 15 is 0 Å². The Bertz CT molecular complexity index is 776. The third-order valence-electron chi connectivity index (χ3n) is 3.02. The highest BCUT2D eigenvalue weighted by molar-refractivity contribution is 9.10. The van der Waals surface area contributed by atoms with Gasteiger partial charge in [-0.05, 0) is 55.9 Å². The van der Waals surface area contributed by atoms with E-state index in [0.29, 0.717) is 11.4 Å². The number of nitrogens with two attached hydrogens (primary N) is 1. The van der Waals surface area contributed by atoms with Gasteiger partial charge in [0.2, 0.25) is 10.0 Å². The van der Waals surface area contributed by atoms with Crippen LogP contribution in [0.25, 0.3) is 0 Å². The molecule has 2 aromatic carbocycles. The average Bonchev–Trinajstić information content (AvgIpc) is 2.43. The minimum absolute atomic E-state index is 0.118. The summed E-state index contributed by atoms with van der Waals surface area (Å²) >= 11 is 3.40. The number of halogens is 1. The molecular formula is C14H16BrN3O2S. The molecule has 0 aliphatic carbocycles. The number of rotatable bonds is 4. The largest absolute Gasteiger partial charge is 0.399 e. The van der Waals surface area contributed by atoms with Crippen molar-refractivity contribution in [2.24, 2.45) is 0 Å². The summed E-state index contributed by atoms with van der Waals surface area (Å²) in [5.74, 6) is 0. The highest BCUT2D eigenvalue weighted by Crippen LogP contribution is 2.29. The topological polar surface area (TPSA) is 84.2 Å². The van der Waals surface area contributed by atoms with Crippen LogP contribution in [0.3, 0.4) is 0 Å². The molecule has 0 spiro atoms. The minimum atomic E-state index is -3.59. The molecule has 2 rings (SSSR count). The lowest BCUT2D eigenvalue weighted by atomic mass is 10.2. The predicted octanol–water partition coefficient (Wildman–Crippen LogP) is 2.99. The molecule has 4 N–H and O–H groups in total. The summed E-state index contributed by atoms with van der Waals surface area (Å²) in [4.78, 5) is 0.118. The van der Waals surface area contributed by atoms with Gasteiger partial charge in [-0.1, -0.05) is 15.9 Å². The third kappa shape index (κ3) is 3.55. The summed E-state index contributed by atoms with van der Waals surface area (Å²) in [6, 6.07) is 10.5. The first kappa shape index (κ1) is 15.8. The Hall–Kier alpha value is -1.57. The number of benzene rings is 2. The minimum Gasteiger partial charge on any atom is -0.399 e. The second-order valence-corrected chi connectivity index (χ2v) is 7.32. The number of anilines is 3. The van der Waals surface area contributed by atoms with Crippen molar-refractivity contribution in [2.75, 3.05) is 18.1 Å². The van der Waals surface area contributed by atoms with Crippen LogP contribution >= 0.6 is 15.9 Å². The molecule has 0 aromatic heterocycles. The summed E-state index contributed by atoms with van der Waals surface area (Å²) in [7, 11) is -2.23. The second kappa shape index (κ2) is 6.05. The zero-order valence-corrected chi connectivity index (χ0v) is 14.0. The molecule has 7 heteroatoms. The van der Waals surface area contributed by atoms with E-state index in [1.54, 1.807) is 12.1 Å². The molecule has 0 saturated carbocycles. The van der Waals surface area contributed by atoms with Gasteiger partial charge in [-0.3, -0.25) is 0 Å². The third-order valence-corrected chi connectivity index (χ3v) is 4.97. The summed E-state index contributed by atoms with van der Waals surface area (Å²) in [5.41, 5.74) is 8.39. The molecular weight excluding hydrogens is 354 g/mol. The first-order valence-corrected chi connectivity index (χ1v) is 8.47. The number of nitrogens with one attached hydrogen (secondary N) is 2. The highest BCUT2D eigenvalue weighted by atomic mass is 79.9. The van der Waals surface area contributed by atoms with Crippen LogP contribution in [0.15, 0.2) is 45.8 Å². The maximum absolute atomic E-state index is 12.1. The molecule has 0 heterocycles. The fourth-order valence-electron chi connectivity index (χ4n) is 1.89. The van der Waals surface area contributed by atoms with Crippen LogP contribution in [-0.2, 0) is 10.0 Å². The SMILES string of the molecule is CNS(=O)(=O)c1cc(N)ccc1Nc1ccc(Br)cc1C. The van der Waals surface area contributed by atoms with E-state index < -0.39 is 10.0 Å². The molecule has 5 nitrogen and oxygen atoms in total. The Morgan fingerprint density at radius 3 is 2.38 bits per heavy atom. The first-order valence-electron chi connectivity index (χ1n) is 6.20. The van der Waals surface area contributed by atoms with E-state index in [0.717, 1.165) is 15.7 Å². The lowest BCUT2D eigenvalue weighted by molar-refractivity contribution is 0.588. The van der Waals surface area contributed by atoms with Crippen molar-refractivity contribution in [3.63, 3.8) is 0 Å². The van der Waals surface area contributed by atoms with Gasteiger partial charge in [0.25, 0.3) is 0 Å². The van der Waals surface area contributed by atoms with Crippen LogP contribution in [0.4, 0.5) is 17.1 Å². The van der Waals surface area contributed by atoms with Crippen molar-refractivity contribution in [3.8, 4) is 0 Å². The van der Waals surface area contributed by atoms with Crippen molar-refractivity contribution in [1.82, 2.24) is 4.72 Å². The number of hydrogen-bond acceptors (Lipinski definition) is 4. The Balaban J connectivity index is 2.50. The molecule has 0 aliphatic heterocycles. The lowest BCUT2D eigenvalue weighted by Crippen LogP contribution is -2.20. The normalized spacial score (nSPS) is 11.4. The molecule has 0 unspecified atom stereocenters. The fraction of sp³-hybridized carbons (Fsp3) is 0.143. The average molecular weight is 370 g/mol. The molecule has 21 heavy (non-hydrogen) atoms. The van der Waals surface area contributed by atoms with Crippen molar-refractivity contribution >= 4 is 43.0 Å². The van der Waals surface area contributed by atoms with Crippen LogP contribution in [0, 0.1) is 6.92 Å². The number of sulfonamides is 1. The predicted molar refractivity (Wildman–Crippen MR) is 89.3 cm³/mol. The zero-order valence-electron chi connectivity index (χ0n) is 11.6. The van der Waals surface area contributed by atoms with Gasteiger partial charge in [0.1, 0.15) is 4.90 Å². The van der Waals surface area contributed by atoms with Crippen molar-refractivity contribution in [2.45, 2.75) is 11.8 Å². The van der Waals surface area contributed by atoms with E-state index in [4.69, 9.17) is 5.73 Å². The smallest absolute Gasteiger partial charge is 0.242 e. The molecule has 0 atom stereocenters. The van der Waals surface area contributed by atoms with Crippen LogP contribution in [0.5, 0.6) is 0 Å². The fourth-order valence-corrected chi connectivity index (χ4v) is 3.28. The summed E-state index contributed by atoms with van der Waals surface area (Å²) < 4.78 is 27.4. The van der Waals surface area contributed by atoms with E-state index in [2.05, 4.69) is 26.0 Å². The summed E-state index contributed by atoms with van der Waals surface area (Å²) in [5, 5.41) is 3.14. The molecule has 0 amide bonds. The van der Waals surface area contributed by atoms with Gasteiger partial charge in [0.15, 0.2) is 0 Å². The molecule has 2 aromatic rings. The summed E-state index contributed by atoms with van der Waals surface area (Å²) in [6.07, 6.45) is 0. The second-order valence-electron chi connectivity index (χ2n) is 4.55. The van der Waals surface area contributed by atoms with Gasteiger partial charge in [-0.15, -0.1) is 0 Å². The standard InChI is InChI=1S/C14H16BrN3O2S/c1-9-7-10(15)3-5-12(9)18-13-6-4-11(16)8-14(13)21(19,20)17-2/h3-8,17-18H,16H2,1-2H3. The van der Waals surface area contributed by atoms with Gasteiger partial charge >= 0.3 is 0 Å². The van der Waals surface area contributed by atoms with Gasteiger partial charge < -0.3 is 11.1 Å².